The van der Waals surface area contributed by atoms with Crippen molar-refractivity contribution in [3.8, 4) is 0 Å². The summed E-state index contributed by atoms with van der Waals surface area (Å²) in [5, 5.41) is 5.05. The van der Waals surface area contributed by atoms with Crippen LogP contribution in [0.25, 0.3) is 0 Å². The van der Waals surface area contributed by atoms with Crippen molar-refractivity contribution in [1.29, 1.82) is 0 Å². The maximum atomic E-state index is 12.1. The molecule has 1 saturated heterocycles. The van der Waals surface area contributed by atoms with Gasteiger partial charge in [0.05, 0.1) is 11.1 Å². The Kier molecular flexibility index (Phi) is 3.99. The van der Waals surface area contributed by atoms with Crippen LogP contribution in [0.2, 0.25) is 0 Å². The van der Waals surface area contributed by atoms with E-state index in [1.807, 2.05) is 0 Å². The number of nitrogens with zero attached hydrogens (tertiary/aromatic N) is 1. The third kappa shape index (κ3) is 2.95. The van der Waals surface area contributed by atoms with Crippen LogP contribution >= 0.6 is 0 Å². The van der Waals surface area contributed by atoms with Crippen LogP contribution in [0.1, 0.15) is 46.9 Å². The van der Waals surface area contributed by atoms with Crippen molar-refractivity contribution in [1.82, 2.24) is 15.7 Å². The Balaban J connectivity index is 1.54. The Morgan fingerprint density at radius 2 is 1.72 bits per heavy atom. The highest BCUT2D eigenvalue weighted by molar-refractivity contribution is 6.20. The second-order valence-corrected chi connectivity index (χ2v) is 6.01. The van der Waals surface area contributed by atoms with Gasteiger partial charge < -0.3 is 10.2 Å². The predicted octanol–water partition coefficient (Wildman–Crippen LogP) is 0.509. The van der Waals surface area contributed by atoms with Crippen LogP contribution in [0.15, 0.2) is 24.3 Å². The lowest BCUT2D eigenvalue weighted by molar-refractivity contribution is -0.168. The average molecular weight is 345 g/mol. The third-order valence-corrected chi connectivity index (χ3v) is 4.13. The summed E-state index contributed by atoms with van der Waals surface area (Å²) in [4.78, 5) is 63.8. The maximum Gasteiger partial charge on any atom is 0.333 e. The van der Waals surface area contributed by atoms with Gasteiger partial charge >= 0.3 is 12.0 Å². The van der Waals surface area contributed by atoms with Gasteiger partial charge in [-0.3, -0.25) is 19.7 Å². The number of fused-ring (bicyclic) bond motifs is 1. The summed E-state index contributed by atoms with van der Waals surface area (Å²) in [6, 6.07) is 5.59. The molecule has 1 fully saturated rings. The molecule has 2 heterocycles. The van der Waals surface area contributed by atoms with E-state index >= 15 is 0 Å². The first-order valence-electron chi connectivity index (χ1n) is 7.64. The van der Waals surface area contributed by atoms with Crippen molar-refractivity contribution in [2.75, 3.05) is 0 Å². The van der Waals surface area contributed by atoms with E-state index in [0.717, 1.165) is 0 Å². The Hall–Kier alpha value is -3.23. The minimum Gasteiger partial charge on any atom is -0.330 e. The Bertz CT molecular complexity index is 770. The average Bonchev–Trinajstić information content (AvgIpc) is 2.95. The van der Waals surface area contributed by atoms with Gasteiger partial charge in [-0.1, -0.05) is 17.2 Å². The maximum absolute atomic E-state index is 12.1. The van der Waals surface area contributed by atoms with Gasteiger partial charge in [-0.05, 0) is 31.9 Å². The number of amides is 5. The van der Waals surface area contributed by atoms with E-state index in [9.17, 15) is 24.0 Å². The summed E-state index contributed by atoms with van der Waals surface area (Å²) < 4.78 is 0. The zero-order valence-corrected chi connectivity index (χ0v) is 13.3. The molecule has 0 aromatic heterocycles. The lowest BCUT2D eigenvalue weighted by Gasteiger charge is -2.20. The normalized spacial score (nSPS) is 21.9. The molecule has 0 spiro atoms. The molecule has 0 saturated carbocycles. The molecule has 1 atom stereocenters. The lowest BCUT2D eigenvalue weighted by atomic mass is 9.95. The van der Waals surface area contributed by atoms with Crippen LogP contribution in [0.5, 0.6) is 0 Å². The minimum atomic E-state index is -1.09. The van der Waals surface area contributed by atoms with Gasteiger partial charge in [0.25, 0.3) is 17.7 Å². The molecule has 2 aliphatic heterocycles. The first-order chi connectivity index (χ1) is 11.8. The molecule has 1 aromatic rings. The van der Waals surface area contributed by atoms with Crippen LogP contribution in [-0.2, 0) is 14.4 Å². The summed E-state index contributed by atoms with van der Waals surface area (Å²) in [6.07, 6.45) is 0.320. The number of nitrogens with one attached hydrogen (secondary N) is 2. The van der Waals surface area contributed by atoms with Crippen molar-refractivity contribution >= 4 is 29.7 Å². The molecule has 2 aliphatic rings. The van der Waals surface area contributed by atoms with Gasteiger partial charge in [0.2, 0.25) is 0 Å². The number of benzene rings is 1. The van der Waals surface area contributed by atoms with Crippen molar-refractivity contribution < 1.29 is 28.8 Å². The van der Waals surface area contributed by atoms with Crippen LogP contribution < -0.4 is 10.6 Å². The van der Waals surface area contributed by atoms with E-state index in [4.69, 9.17) is 4.84 Å². The lowest BCUT2D eigenvalue weighted by Crippen LogP contribution is -2.43. The van der Waals surface area contributed by atoms with Crippen LogP contribution in [0, 0.1) is 0 Å². The number of hydrogen-bond donors (Lipinski definition) is 2. The Morgan fingerprint density at radius 1 is 1.12 bits per heavy atom. The standard InChI is InChI=1S/C16H15N3O6/c1-16(14(23)17-15(24)18-16)8-4-7-11(20)25-19-12(21)9-5-2-3-6-10(9)13(19)22/h2-3,5-6H,4,7-8H2,1H3,(H2,17,18,23,24). The second-order valence-electron chi connectivity index (χ2n) is 6.01. The van der Waals surface area contributed by atoms with E-state index in [0.29, 0.717) is 5.06 Å². The van der Waals surface area contributed by atoms with Crippen molar-refractivity contribution in [3.63, 3.8) is 0 Å². The van der Waals surface area contributed by atoms with Crippen molar-refractivity contribution in [2.24, 2.45) is 0 Å². The van der Waals surface area contributed by atoms with Crippen LogP contribution in [0.4, 0.5) is 4.79 Å². The first kappa shape index (κ1) is 16.6. The molecule has 25 heavy (non-hydrogen) atoms. The molecule has 9 heteroatoms. The van der Waals surface area contributed by atoms with E-state index < -0.39 is 35.3 Å². The minimum absolute atomic E-state index is 0.119. The van der Waals surface area contributed by atoms with Crippen LogP contribution in [-0.4, -0.2) is 40.3 Å². The highest BCUT2D eigenvalue weighted by Gasteiger charge is 2.42. The van der Waals surface area contributed by atoms with Gasteiger partial charge in [-0.25, -0.2) is 9.59 Å². The molecule has 9 nitrogen and oxygen atoms in total. The van der Waals surface area contributed by atoms with Crippen LogP contribution in [0.3, 0.4) is 0 Å². The molecular weight excluding hydrogens is 330 g/mol. The fraction of sp³-hybridized carbons (Fsp3) is 0.312. The number of hydrogen-bond acceptors (Lipinski definition) is 6. The summed E-state index contributed by atoms with van der Waals surface area (Å²) in [7, 11) is 0. The highest BCUT2D eigenvalue weighted by Crippen LogP contribution is 2.23. The van der Waals surface area contributed by atoms with E-state index in [-0.39, 0.29) is 30.4 Å². The summed E-state index contributed by atoms with van der Waals surface area (Å²) >= 11 is 0. The highest BCUT2D eigenvalue weighted by atomic mass is 16.7. The molecule has 130 valence electrons. The third-order valence-electron chi connectivity index (χ3n) is 4.13. The molecule has 5 amide bonds. The SMILES string of the molecule is CC1(CCCC(=O)ON2C(=O)c3ccccc3C2=O)NC(=O)NC1=O. The smallest absolute Gasteiger partial charge is 0.330 e. The van der Waals surface area contributed by atoms with Crippen molar-refractivity contribution in [3.05, 3.63) is 35.4 Å². The largest absolute Gasteiger partial charge is 0.333 e. The number of carbonyl (C=O) groups excluding carboxylic acids is 5. The molecular formula is C16H15N3O6. The number of rotatable bonds is 5. The number of urea groups is 1. The Morgan fingerprint density at radius 3 is 2.24 bits per heavy atom. The Labute approximate surface area is 142 Å². The van der Waals surface area contributed by atoms with Gasteiger partial charge in [-0.2, -0.15) is 0 Å². The molecule has 1 unspecified atom stereocenters. The van der Waals surface area contributed by atoms with E-state index in [1.54, 1.807) is 19.1 Å². The fourth-order valence-electron chi connectivity index (χ4n) is 2.74. The topological polar surface area (TPSA) is 122 Å². The zero-order chi connectivity index (χ0) is 18.2. The quantitative estimate of drug-likeness (QED) is 0.592. The van der Waals surface area contributed by atoms with Gasteiger partial charge in [0.15, 0.2) is 0 Å². The first-order valence-corrected chi connectivity index (χ1v) is 7.64. The summed E-state index contributed by atoms with van der Waals surface area (Å²) in [5.74, 6) is -2.62. The monoisotopic (exact) mass is 345 g/mol. The predicted molar refractivity (Wildman–Crippen MR) is 82.0 cm³/mol. The molecule has 1 aromatic carbocycles. The number of carbonyl (C=O) groups is 5. The van der Waals surface area contributed by atoms with Gasteiger partial charge in [-0.15, -0.1) is 0 Å². The molecule has 0 aliphatic carbocycles. The fourth-order valence-corrected chi connectivity index (χ4v) is 2.74. The molecule has 2 N–H and O–H groups in total. The summed E-state index contributed by atoms with van der Waals surface area (Å²) in [5.41, 5.74) is -0.733. The summed E-state index contributed by atoms with van der Waals surface area (Å²) in [6.45, 7) is 1.54. The van der Waals surface area contributed by atoms with Gasteiger partial charge in [0, 0.05) is 6.42 Å². The van der Waals surface area contributed by atoms with E-state index in [2.05, 4.69) is 10.6 Å². The van der Waals surface area contributed by atoms with E-state index in [1.165, 1.54) is 12.1 Å². The second kappa shape index (κ2) is 6.00. The number of hydroxylamine groups is 2. The molecule has 0 radical (unpaired) electrons. The molecule has 0 bridgehead atoms. The van der Waals surface area contributed by atoms with Crippen molar-refractivity contribution in [2.45, 2.75) is 31.7 Å². The molecule has 3 rings (SSSR count). The number of imide groups is 2. The van der Waals surface area contributed by atoms with Gasteiger partial charge in [0.1, 0.15) is 5.54 Å². The zero-order valence-electron chi connectivity index (χ0n) is 13.3.